The number of hydrogen-bond acceptors (Lipinski definition) is 2. The van der Waals surface area contributed by atoms with Crippen molar-refractivity contribution in [2.24, 2.45) is 5.92 Å². The molecule has 0 bridgehead atoms. The molecule has 0 N–H and O–H groups in total. The van der Waals surface area contributed by atoms with E-state index in [2.05, 4.69) is 38.1 Å². The topological polar surface area (TPSA) is 26.3 Å². The van der Waals surface area contributed by atoms with Gasteiger partial charge in [0.2, 0.25) is 0 Å². The van der Waals surface area contributed by atoms with Crippen molar-refractivity contribution >= 4 is 5.97 Å². The van der Waals surface area contributed by atoms with E-state index < -0.39 is 0 Å². The second-order valence-corrected chi connectivity index (χ2v) is 8.42. The zero-order chi connectivity index (χ0) is 19.8. The first-order valence-electron chi connectivity index (χ1n) is 11.1. The lowest BCUT2D eigenvalue weighted by Gasteiger charge is -2.26. The Balaban J connectivity index is 1.51. The van der Waals surface area contributed by atoms with E-state index in [4.69, 9.17) is 4.74 Å². The molecule has 0 heterocycles. The zero-order valence-electron chi connectivity index (χ0n) is 17.5. The molecule has 0 aliphatic heterocycles. The third-order valence-electron chi connectivity index (χ3n) is 6.09. The maximum Gasteiger partial charge on any atom is 0.343 e. The first-order chi connectivity index (χ1) is 13.7. The Labute approximate surface area is 170 Å². The van der Waals surface area contributed by atoms with Crippen molar-refractivity contribution in [3.63, 3.8) is 0 Å². The van der Waals surface area contributed by atoms with Crippen LogP contribution in [0.5, 0.6) is 5.75 Å². The average molecular weight is 379 g/mol. The normalized spacial score (nSPS) is 19.4. The highest BCUT2D eigenvalue weighted by Gasteiger charge is 2.20. The molecule has 150 valence electrons. The molecule has 1 aliphatic rings. The van der Waals surface area contributed by atoms with Crippen molar-refractivity contribution in [3.8, 4) is 5.75 Å². The molecule has 1 fully saturated rings. The van der Waals surface area contributed by atoms with Crippen LogP contribution in [0.4, 0.5) is 0 Å². The number of carbonyl (C=O) groups excluding carboxylic acids is 1. The fourth-order valence-electron chi connectivity index (χ4n) is 4.13. The Morgan fingerprint density at radius 2 is 1.57 bits per heavy atom. The van der Waals surface area contributed by atoms with Crippen molar-refractivity contribution in [3.05, 3.63) is 65.2 Å². The minimum absolute atomic E-state index is 0.278. The molecule has 0 amide bonds. The maximum atomic E-state index is 12.5. The summed E-state index contributed by atoms with van der Waals surface area (Å²) in [6, 6.07) is 16.0. The molecule has 0 saturated heterocycles. The molecule has 2 nitrogen and oxygen atoms in total. The van der Waals surface area contributed by atoms with E-state index in [1.165, 1.54) is 62.5 Å². The van der Waals surface area contributed by atoms with Crippen LogP contribution in [0.15, 0.2) is 48.5 Å². The van der Waals surface area contributed by atoms with Crippen LogP contribution in [-0.2, 0) is 6.42 Å². The molecule has 0 unspecified atom stereocenters. The molecule has 1 aliphatic carbocycles. The van der Waals surface area contributed by atoms with Gasteiger partial charge in [0, 0.05) is 0 Å². The number of unbranched alkanes of at least 4 members (excludes halogenated alkanes) is 3. The van der Waals surface area contributed by atoms with Crippen molar-refractivity contribution in [2.75, 3.05) is 0 Å². The van der Waals surface area contributed by atoms with Gasteiger partial charge in [-0.1, -0.05) is 70.2 Å². The van der Waals surface area contributed by atoms with Crippen LogP contribution in [0.25, 0.3) is 0 Å². The van der Waals surface area contributed by atoms with E-state index in [0.29, 0.717) is 17.2 Å². The van der Waals surface area contributed by atoms with E-state index in [1.807, 2.05) is 24.3 Å². The standard InChI is InChI=1S/C26H34O2/c1-3-4-5-6-7-21-10-18-25(19-11-21)28-26(27)24-16-14-23(15-17-24)22-12-8-20(2)9-13-22/h10-11,14-20,22H,3-9,12-13H2,1-2H3. The molecule has 0 aromatic heterocycles. The van der Waals surface area contributed by atoms with Crippen LogP contribution in [-0.4, -0.2) is 5.97 Å². The lowest BCUT2D eigenvalue weighted by Crippen LogP contribution is -2.12. The summed E-state index contributed by atoms with van der Waals surface area (Å²) in [7, 11) is 0. The largest absolute Gasteiger partial charge is 0.423 e. The molecule has 1 saturated carbocycles. The van der Waals surface area contributed by atoms with E-state index >= 15 is 0 Å². The number of carbonyl (C=O) groups is 1. The van der Waals surface area contributed by atoms with Gasteiger partial charge in [0.25, 0.3) is 0 Å². The van der Waals surface area contributed by atoms with Crippen LogP contribution in [0.1, 0.15) is 92.6 Å². The highest BCUT2D eigenvalue weighted by molar-refractivity contribution is 5.91. The second-order valence-electron chi connectivity index (χ2n) is 8.42. The first-order valence-corrected chi connectivity index (χ1v) is 11.1. The summed E-state index contributed by atoms with van der Waals surface area (Å²) in [5.74, 6) is 1.84. The Bertz CT molecular complexity index is 722. The van der Waals surface area contributed by atoms with Gasteiger partial charge >= 0.3 is 5.97 Å². The number of ether oxygens (including phenoxy) is 1. The Hall–Kier alpha value is -2.09. The monoisotopic (exact) mass is 378 g/mol. The number of rotatable bonds is 8. The quantitative estimate of drug-likeness (QED) is 0.273. The number of esters is 1. The number of aryl methyl sites for hydroxylation is 1. The van der Waals surface area contributed by atoms with Crippen LogP contribution >= 0.6 is 0 Å². The van der Waals surface area contributed by atoms with Crippen molar-refractivity contribution in [1.29, 1.82) is 0 Å². The first kappa shape index (κ1) is 20.6. The van der Waals surface area contributed by atoms with Crippen molar-refractivity contribution in [1.82, 2.24) is 0 Å². The molecule has 2 aromatic rings. The van der Waals surface area contributed by atoms with Gasteiger partial charge in [-0.25, -0.2) is 4.79 Å². The summed E-state index contributed by atoms with van der Waals surface area (Å²) < 4.78 is 5.56. The number of hydrogen-bond donors (Lipinski definition) is 0. The SMILES string of the molecule is CCCCCCc1ccc(OC(=O)c2ccc(C3CCC(C)CC3)cc2)cc1. The summed E-state index contributed by atoms with van der Waals surface area (Å²) in [5.41, 5.74) is 3.29. The average Bonchev–Trinajstić information content (AvgIpc) is 2.73. The lowest BCUT2D eigenvalue weighted by atomic mass is 9.79. The third-order valence-corrected chi connectivity index (χ3v) is 6.09. The van der Waals surface area contributed by atoms with Crippen LogP contribution in [0.3, 0.4) is 0 Å². The molecular formula is C26H34O2. The van der Waals surface area contributed by atoms with Gasteiger partial charge in [0.05, 0.1) is 5.56 Å². The fourth-order valence-corrected chi connectivity index (χ4v) is 4.13. The van der Waals surface area contributed by atoms with Gasteiger partial charge in [-0.05, 0) is 72.9 Å². The molecule has 28 heavy (non-hydrogen) atoms. The van der Waals surface area contributed by atoms with Gasteiger partial charge in [-0.3, -0.25) is 0 Å². The lowest BCUT2D eigenvalue weighted by molar-refractivity contribution is 0.0734. The minimum Gasteiger partial charge on any atom is -0.423 e. The van der Waals surface area contributed by atoms with Gasteiger partial charge in [0.15, 0.2) is 0 Å². The minimum atomic E-state index is -0.278. The van der Waals surface area contributed by atoms with E-state index in [0.717, 1.165) is 12.3 Å². The maximum absolute atomic E-state index is 12.5. The molecule has 2 heteroatoms. The smallest absolute Gasteiger partial charge is 0.343 e. The summed E-state index contributed by atoms with van der Waals surface area (Å²) in [4.78, 5) is 12.5. The molecule has 2 aromatic carbocycles. The Morgan fingerprint density at radius 3 is 2.21 bits per heavy atom. The van der Waals surface area contributed by atoms with Gasteiger partial charge in [0.1, 0.15) is 5.75 Å². The molecule has 0 radical (unpaired) electrons. The van der Waals surface area contributed by atoms with Crippen molar-refractivity contribution < 1.29 is 9.53 Å². The molecule has 0 spiro atoms. The summed E-state index contributed by atoms with van der Waals surface area (Å²) in [6.45, 7) is 4.57. The predicted molar refractivity (Wildman–Crippen MR) is 116 cm³/mol. The Morgan fingerprint density at radius 1 is 0.893 bits per heavy atom. The van der Waals surface area contributed by atoms with Crippen LogP contribution < -0.4 is 4.74 Å². The highest BCUT2D eigenvalue weighted by Crippen LogP contribution is 2.35. The van der Waals surface area contributed by atoms with Gasteiger partial charge in [-0.15, -0.1) is 0 Å². The molecule has 0 atom stereocenters. The van der Waals surface area contributed by atoms with E-state index in [9.17, 15) is 4.79 Å². The number of benzene rings is 2. The van der Waals surface area contributed by atoms with Gasteiger partial charge in [-0.2, -0.15) is 0 Å². The third kappa shape index (κ3) is 5.95. The summed E-state index contributed by atoms with van der Waals surface area (Å²) >= 11 is 0. The van der Waals surface area contributed by atoms with E-state index in [1.54, 1.807) is 0 Å². The summed E-state index contributed by atoms with van der Waals surface area (Å²) in [5, 5.41) is 0. The van der Waals surface area contributed by atoms with E-state index in [-0.39, 0.29) is 5.97 Å². The highest BCUT2D eigenvalue weighted by atomic mass is 16.5. The van der Waals surface area contributed by atoms with Crippen LogP contribution in [0, 0.1) is 5.92 Å². The summed E-state index contributed by atoms with van der Waals surface area (Å²) in [6.07, 6.45) is 11.3. The van der Waals surface area contributed by atoms with Crippen molar-refractivity contribution in [2.45, 2.75) is 77.6 Å². The van der Waals surface area contributed by atoms with Crippen LogP contribution in [0.2, 0.25) is 0 Å². The fraction of sp³-hybridized carbons (Fsp3) is 0.500. The predicted octanol–water partition coefficient (Wildman–Crippen LogP) is 7.32. The Kier molecular flexibility index (Phi) is 7.71. The molecule has 3 rings (SSSR count). The zero-order valence-corrected chi connectivity index (χ0v) is 17.5. The molecular weight excluding hydrogens is 344 g/mol. The van der Waals surface area contributed by atoms with Gasteiger partial charge < -0.3 is 4.74 Å². The second kappa shape index (κ2) is 10.5.